The van der Waals surface area contributed by atoms with Crippen LogP contribution in [0, 0.1) is 11.7 Å². The fraction of sp³-hybridized carbons (Fsp3) is 0.235. The topological polar surface area (TPSA) is 95.8 Å². The normalized spacial score (nSPS) is 20.3. The van der Waals surface area contributed by atoms with Gasteiger partial charge in [-0.15, -0.1) is 0 Å². The fourth-order valence-corrected chi connectivity index (χ4v) is 7.08. The molecule has 11 heteroatoms. The maximum atomic E-state index is 14.9. The van der Waals surface area contributed by atoms with Crippen LogP contribution < -0.4 is 9.62 Å². The first-order valence-electron chi connectivity index (χ1n) is 14.5. The van der Waals surface area contributed by atoms with Crippen LogP contribution in [0.25, 0.3) is 39.2 Å². The van der Waals surface area contributed by atoms with E-state index < -0.39 is 21.7 Å². The molecule has 2 aromatic heterocycles. The van der Waals surface area contributed by atoms with Gasteiger partial charge in [0.2, 0.25) is 10.0 Å². The Balaban J connectivity index is 1.46. The van der Waals surface area contributed by atoms with E-state index in [1.807, 2.05) is 18.2 Å². The number of anilines is 1. The second-order valence-corrected chi connectivity index (χ2v) is 13.7. The summed E-state index contributed by atoms with van der Waals surface area (Å²) in [6.45, 7) is 2.82. The minimum atomic E-state index is -3.73. The van der Waals surface area contributed by atoms with Crippen LogP contribution in [0.4, 0.5) is 14.5 Å². The van der Waals surface area contributed by atoms with Crippen molar-refractivity contribution >= 4 is 38.3 Å². The maximum Gasteiger partial charge on any atom is 0.255 e. The van der Waals surface area contributed by atoms with Crippen molar-refractivity contribution in [3.8, 4) is 22.6 Å². The zero-order chi connectivity index (χ0) is 31.8. The third kappa shape index (κ3) is 4.64. The Hall–Kier alpha value is -4.77. The molecule has 0 saturated heterocycles. The molecule has 4 aromatic rings. The Morgan fingerprint density at radius 3 is 2.60 bits per heavy atom. The number of aromatic nitrogens is 1. The largest absolute Gasteiger partial charge is 0.455 e. The molecule has 45 heavy (non-hydrogen) atoms. The van der Waals surface area contributed by atoms with E-state index in [1.54, 1.807) is 24.4 Å². The van der Waals surface area contributed by atoms with Crippen LogP contribution in [0.5, 0.6) is 0 Å². The number of sulfonamides is 1. The van der Waals surface area contributed by atoms with Crippen LogP contribution in [-0.4, -0.2) is 57.1 Å². The van der Waals surface area contributed by atoms with Gasteiger partial charge in [-0.3, -0.25) is 14.1 Å². The number of halogens is 2. The summed E-state index contributed by atoms with van der Waals surface area (Å²) < 4.78 is 61.6. The molecular formula is C34H30F2N4O4S. The van der Waals surface area contributed by atoms with Crippen LogP contribution >= 0.6 is 0 Å². The predicted octanol–water partition coefficient (Wildman–Crippen LogP) is 6.24. The lowest BCUT2D eigenvalue weighted by atomic mass is 9.89. The van der Waals surface area contributed by atoms with E-state index in [1.165, 1.54) is 44.4 Å². The van der Waals surface area contributed by atoms with Crippen LogP contribution in [0.3, 0.4) is 0 Å². The predicted molar refractivity (Wildman–Crippen MR) is 170 cm³/mol. The summed E-state index contributed by atoms with van der Waals surface area (Å²) in [5.41, 5.74) is 5.03. The van der Waals surface area contributed by atoms with Gasteiger partial charge in [0.1, 0.15) is 23.0 Å². The fourth-order valence-electron chi connectivity index (χ4n) is 6.57. The second-order valence-electron chi connectivity index (χ2n) is 11.7. The monoisotopic (exact) mass is 628 g/mol. The lowest BCUT2D eigenvalue weighted by molar-refractivity contribution is 0.0964. The molecular weight excluding hydrogens is 598 g/mol. The number of hydrogen-bond donors (Lipinski definition) is 1. The van der Waals surface area contributed by atoms with Gasteiger partial charge < -0.3 is 14.6 Å². The quantitative estimate of drug-likeness (QED) is 0.281. The molecule has 0 radical (unpaired) electrons. The van der Waals surface area contributed by atoms with Crippen LogP contribution in [-0.2, 0) is 10.0 Å². The molecule has 4 heterocycles. The number of benzene rings is 2. The average Bonchev–Trinajstić information content (AvgIpc) is 3.59. The minimum Gasteiger partial charge on any atom is -0.455 e. The Kier molecular flexibility index (Phi) is 6.70. The van der Waals surface area contributed by atoms with E-state index in [9.17, 15) is 22.0 Å². The highest BCUT2D eigenvalue weighted by atomic mass is 32.2. The number of pyridine rings is 1. The third-order valence-electron chi connectivity index (χ3n) is 8.95. The number of carbonyl (C=O) groups excluding carboxylic acids is 1. The Morgan fingerprint density at radius 2 is 1.89 bits per heavy atom. The highest BCUT2D eigenvalue weighted by Gasteiger charge is 2.41. The zero-order valence-electron chi connectivity index (χ0n) is 25.0. The highest BCUT2D eigenvalue weighted by Crippen LogP contribution is 2.47. The smallest absolute Gasteiger partial charge is 0.255 e. The molecule has 7 rings (SSSR count). The van der Waals surface area contributed by atoms with E-state index in [2.05, 4.69) is 17.1 Å². The molecule has 1 aliphatic carbocycles. The van der Waals surface area contributed by atoms with Crippen molar-refractivity contribution in [3.63, 3.8) is 0 Å². The molecule has 0 fully saturated rings. The summed E-state index contributed by atoms with van der Waals surface area (Å²) in [5.74, 6) is -1.09. The van der Waals surface area contributed by atoms with Gasteiger partial charge in [0, 0.05) is 66.6 Å². The summed E-state index contributed by atoms with van der Waals surface area (Å²) in [5, 5.41) is 3.09. The van der Waals surface area contributed by atoms with Crippen molar-refractivity contribution in [3.05, 3.63) is 101 Å². The molecule has 0 bridgehead atoms. The summed E-state index contributed by atoms with van der Waals surface area (Å²) in [4.78, 5) is 20.3. The molecule has 3 aliphatic rings. The number of allylic oxidation sites excluding steroid dienone is 2. The van der Waals surface area contributed by atoms with Crippen molar-refractivity contribution in [1.29, 1.82) is 0 Å². The Labute approximate surface area is 259 Å². The highest BCUT2D eigenvalue weighted by molar-refractivity contribution is 7.92. The number of amides is 1. The molecule has 1 amide bonds. The second kappa shape index (κ2) is 10.4. The van der Waals surface area contributed by atoms with Gasteiger partial charge in [-0.25, -0.2) is 17.2 Å². The lowest BCUT2D eigenvalue weighted by Gasteiger charge is -2.38. The number of furan rings is 1. The van der Waals surface area contributed by atoms with Crippen molar-refractivity contribution in [1.82, 2.24) is 15.2 Å². The number of hydrogen-bond acceptors (Lipinski definition) is 6. The van der Waals surface area contributed by atoms with Crippen molar-refractivity contribution in [2.24, 2.45) is 5.92 Å². The summed E-state index contributed by atoms with van der Waals surface area (Å²) >= 11 is 0. The van der Waals surface area contributed by atoms with Crippen molar-refractivity contribution in [2.75, 3.05) is 31.2 Å². The van der Waals surface area contributed by atoms with Crippen LogP contribution in [0.15, 0.2) is 83.2 Å². The van der Waals surface area contributed by atoms with Gasteiger partial charge in [-0.05, 0) is 54.1 Å². The van der Waals surface area contributed by atoms with Crippen molar-refractivity contribution in [2.45, 2.75) is 18.9 Å². The molecule has 0 saturated carbocycles. The summed E-state index contributed by atoms with van der Waals surface area (Å²) in [7, 11) is -0.787. The number of nitrogens with zero attached hydrogens (tertiary/aromatic N) is 3. The number of carbonyl (C=O) groups is 1. The standard InChI is InChI=1S/C34H30F2N4O4S/c1-18-17-40-28-7-5-6-26(36)22(28)14-30(40)21-13-27(38-16-25(18)21)23-12-24-31(15-29(23)39(3)45(4,42)43)44-33(32(24)34(41)37-2)19-8-10-20(35)11-9-19/h5-16,18,22,28H,17H2,1-4H3,(H,37,41). The molecule has 0 spiro atoms. The number of rotatable bonds is 5. The molecule has 3 atom stereocenters. The van der Waals surface area contributed by atoms with E-state index >= 15 is 0 Å². The summed E-state index contributed by atoms with van der Waals surface area (Å²) in [6.07, 6.45) is 10.1. The van der Waals surface area contributed by atoms with Crippen LogP contribution in [0.1, 0.15) is 34.3 Å². The molecule has 8 nitrogen and oxygen atoms in total. The van der Waals surface area contributed by atoms with Gasteiger partial charge >= 0.3 is 0 Å². The van der Waals surface area contributed by atoms with Crippen molar-refractivity contribution < 1.29 is 26.4 Å². The van der Waals surface area contributed by atoms with Crippen LogP contribution in [0.2, 0.25) is 0 Å². The van der Waals surface area contributed by atoms with Gasteiger partial charge in [0.25, 0.3) is 5.91 Å². The molecule has 230 valence electrons. The molecule has 3 unspecified atom stereocenters. The third-order valence-corrected chi connectivity index (χ3v) is 10.1. The zero-order valence-corrected chi connectivity index (χ0v) is 25.8. The van der Waals surface area contributed by atoms with E-state index in [4.69, 9.17) is 9.40 Å². The van der Waals surface area contributed by atoms with Gasteiger partial charge in [0.05, 0.1) is 35.2 Å². The Morgan fingerprint density at radius 1 is 1.13 bits per heavy atom. The first-order valence-corrected chi connectivity index (χ1v) is 16.4. The molecule has 2 aliphatic heterocycles. The van der Waals surface area contributed by atoms with Gasteiger partial charge in [-0.2, -0.15) is 0 Å². The van der Waals surface area contributed by atoms with E-state index in [0.717, 1.165) is 27.4 Å². The number of fused-ring (bicyclic) bond motifs is 6. The maximum absolute atomic E-state index is 14.9. The summed E-state index contributed by atoms with van der Waals surface area (Å²) in [6, 6.07) is 10.7. The van der Waals surface area contributed by atoms with E-state index in [-0.39, 0.29) is 40.6 Å². The average molecular weight is 629 g/mol. The van der Waals surface area contributed by atoms with E-state index in [0.29, 0.717) is 34.4 Å². The first-order chi connectivity index (χ1) is 21.5. The van der Waals surface area contributed by atoms with Gasteiger partial charge in [-0.1, -0.05) is 19.1 Å². The lowest BCUT2D eigenvalue weighted by Crippen LogP contribution is -2.38. The molecule has 2 aromatic carbocycles. The first kappa shape index (κ1) is 29.0. The minimum absolute atomic E-state index is 0.118. The number of nitrogens with one attached hydrogen (secondary N) is 1. The SMILES string of the molecule is CNC(=O)c1c(-c2ccc(F)cc2)oc2cc(N(C)S(C)(=O)=O)c(-c3cc4c(cn3)C(C)CN3C4=CC4C(F)=CC=CC43)cc12. The van der Waals surface area contributed by atoms with Gasteiger partial charge in [0.15, 0.2) is 0 Å². The Bertz CT molecular complexity index is 2100. The molecule has 1 N–H and O–H groups in total.